The average molecular weight is 233 g/mol. The number of hydrogen-bond donors (Lipinski definition) is 1. The van der Waals surface area contributed by atoms with Gasteiger partial charge in [-0.3, -0.25) is 0 Å². The quantitative estimate of drug-likeness (QED) is 0.870. The molecule has 1 atom stereocenters. The summed E-state index contributed by atoms with van der Waals surface area (Å²) in [7, 11) is 0. The normalized spacial score (nSPS) is 22.9. The summed E-state index contributed by atoms with van der Waals surface area (Å²) < 4.78 is 11.5. The first-order valence-electron chi connectivity index (χ1n) is 6.53. The van der Waals surface area contributed by atoms with Crippen LogP contribution in [0.2, 0.25) is 0 Å². The Kier molecular flexibility index (Phi) is 3.18. The predicted molar refractivity (Wildman–Crippen MR) is 67.7 cm³/mol. The van der Waals surface area contributed by atoms with E-state index in [0.717, 1.165) is 31.7 Å². The lowest BCUT2D eigenvalue weighted by molar-refractivity contribution is 0.0681. The van der Waals surface area contributed by atoms with Crippen molar-refractivity contribution >= 4 is 5.69 Å². The first kappa shape index (κ1) is 10.9. The van der Waals surface area contributed by atoms with E-state index < -0.39 is 0 Å². The molecule has 1 fully saturated rings. The number of benzene rings is 1. The van der Waals surface area contributed by atoms with Crippen molar-refractivity contribution in [1.82, 2.24) is 0 Å². The van der Waals surface area contributed by atoms with Gasteiger partial charge in [0.15, 0.2) is 0 Å². The standard InChI is InChI=1S/C14H19NO2/c1-4-11-5-2-8-15-14(11)13(7-1)17-10-12-6-3-9-16-12/h1,4,7,12,15H,2-3,5-6,8-10H2. The summed E-state index contributed by atoms with van der Waals surface area (Å²) in [4.78, 5) is 0. The van der Waals surface area contributed by atoms with E-state index in [1.807, 2.05) is 6.07 Å². The Bertz CT molecular complexity index is 386. The van der Waals surface area contributed by atoms with Crippen LogP contribution in [0.15, 0.2) is 18.2 Å². The van der Waals surface area contributed by atoms with Gasteiger partial charge in [-0.05, 0) is 37.3 Å². The van der Waals surface area contributed by atoms with Gasteiger partial charge in [-0.2, -0.15) is 0 Å². The van der Waals surface area contributed by atoms with Crippen LogP contribution >= 0.6 is 0 Å². The minimum absolute atomic E-state index is 0.287. The Hall–Kier alpha value is -1.22. The summed E-state index contributed by atoms with van der Waals surface area (Å²) in [6.45, 7) is 2.62. The van der Waals surface area contributed by atoms with Crippen LogP contribution < -0.4 is 10.1 Å². The highest BCUT2D eigenvalue weighted by Crippen LogP contribution is 2.32. The molecule has 92 valence electrons. The first-order chi connectivity index (χ1) is 8.43. The molecule has 0 spiro atoms. The zero-order valence-electron chi connectivity index (χ0n) is 10.1. The second-order valence-corrected chi connectivity index (χ2v) is 4.77. The number of rotatable bonds is 3. The van der Waals surface area contributed by atoms with Crippen molar-refractivity contribution in [2.75, 3.05) is 25.1 Å². The number of ether oxygens (including phenoxy) is 2. The lowest BCUT2D eigenvalue weighted by Crippen LogP contribution is -2.18. The monoisotopic (exact) mass is 233 g/mol. The number of anilines is 1. The van der Waals surface area contributed by atoms with Crippen molar-refractivity contribution in [2.24, 2.45) is 0 Å². The first-order valence-corrected chi connectivity index (χ1v) is 6.53. The molecule has 2 heterocycles. The molecular formula is C14H19NO2. The van der Waals surface area contributed by atoms with Crippen molar-refractivity contribution in [3.63, 3.8) is 0 Å². The van der Waals surface area contributed by atoms with Gasteiger partial charge >= 0.3 is 0 Å². The fourth-order valence-electron chi connectivity index (χ4n) is 2.56. The zero-order valence-corrected chi connectivity index (χ0v) is 10.1. The Morgan fingerprint density at radius 3 is 3.24 bits per heavy atom. The number of nitrogens with one attached hydrogen (secondary N) is 1. The molecule has 1 N–H and O–H groups in total. The molecule has 0 saturated carbocycles. The van der Waals surface area contributed by atoms with Gasteiger partial charge in [0.2, 0.25) is 0 Å². The van der Waals surface area contributed by atoms with Crippen LogP contribution in [0.3, 0.4) is 0 Å². The molecular weight excluding hydrogens is 214 g/mol. The van der Waals surface area contributed by atoms with Crippen LogP contribution in [0.25, 0.3) is 0 Å². The minimum atomic E-state index is 0.287. The Labute approximate surface area is 102 Å². The maximum atomic E-state index is 5.90. The molecule has 3 heteroatoms. The van der Waals surface area contributed by atoms with Gasteiger partial charge in [0, 0.05) is 13.2 Å². The molecule has 0 bridgehead atoms. The lowest BCUT2D eigenvalue weighted by Gasteiger charge is -2.22. The van der Waals surface area contributed by atoms with Crippen LogP contribution in [0.4, 0.5) is 5.69 Å². The molecule has 1 aromatic rings. The van der Waals surface area contributed by atoms with Gasteiger partial charge in [-0.15, -0.1) is 0 Å². The van der Waals surface area contributed by atoms with Crippen molar-refractivity contribution < 1.29 is 9.47 Å². The summed E-state index contributed by atoms with van der Waals surface area (Å²) >= 11 is 0. The second-order valence-electron chi connectivity index (χ2n) is 4.77. The molecule has 1 saturated heterocycles. The third kappa shape index (κ3) is 2.39. The van der Waals surface area contributed by atoms with Crippen molar-refractivity contribution in [3.05, 3.63) is 23.8 Å². The highest BCUT2D eigenvalue weighted by Gasteiger charge is 2.18. The van der Waals surface area contributed by atoms with Crippen molar-refractivity contribution in [2.45, 2.75) is 31.8 Å². The summed E-state index contributed by atoms with van der Waals surface area (Å²) in [5.41, 5.74) is 2.57. The van der Waals surface area contributed by atoms with Gasteiger partial charge < -0.3 is 14.8 Å². The van der Waals surface area contributed by atoms with E-state index >= 15 is 0 Å². The van der Waals surface area contributed by atoms with E-state index in [4.69, 9.17) is 9.47 Å². The average Bonchev–Trinajstić information content (AvgIpc) is 2.89. The summed E-state index contributed by atoms with van der Waals surface area (Å²) in [6.07, 6.45) is 4.94. The molecule has 17 heavy (non-hydrogen) atoms. The fraction of sp³-hybridized carbons (Fsp3) is 0.571. The molecule has 0 aliphatic carbocycles. The van der Waals surface area contributed by atoms with Crippen LogP contribution in [0.5, 0.6) is 5.75 Å². The van der Waals surface area contributed by atoms with E-state index in [-0.39, 0.29) is 6.10 Å². The topological polar surface area (TPSA) is 30.5 Å². The highest BCUT2D eigenvalue weighted by atomic mass is 16.5. The van der Waals surface area contributed by atoms with E-state index in [0.29, 0.717) is 6.61 Å². The molecule has 2 aliphatic rings. The van der Waals surface area contributed by atoms with Crippen LogP contribution in [-0.4, -0.2) is 25.9 Å². The van der Waals surface area contributed by atoms with E-state index in [2.05, 4.69) is 17.4 Å². The van der Waals surface area contributed by atoms with Crippen molar-refractivity contribution in [3.8, 4) is 5.75 Å². The summed E-state index contributed by atoms with van der Waals surface area (Å²) in [5, 5.41) is 3.44. The third-order valence-electron chi connectivity index (χ3n) is 3.49. The molecule has 0 radical (unpaired) electrons. The van der Waals surface area contributed by atoms with Gasteiger partial charge in [0.25, 0.3) is 0 Å². The molecule has 1 unspecified atom stereocenters. The number of aryl methyl sites for hydroxylation is 1. The molecule has 2 aliphatic heterocycles. The van der Waals surface area contributed by atoms with Gasteiger partial charge in [-0.25, -0.2) is 0 Å². The van der Waals surface area contributed by atoms with Gasteiger partial charge in [0.1, 0.15) is 12.4 Å². The Balaban J connectivity index is 1.69. The second kappa shape index (κ2) is 4.96. The fourth-order valence-corrected chi connectivity index (χ4v) is 2.56. The van der Waals surface area contributed by atoms with Crippen LogP contribution in [0.1, 0.15) is 24.8 Å². The molecule has 3 rings (SSSR count). The third-order valence-corrected chi connectivity index (χ3v) is 3.49. The zero-order chi connectivity index (χ0) is 11.5. The van der Waals surface area contributed by atoms with Crippen molar-refractivity contribution in [1.29, 1.82) is 0 Å². The maximum absolute atomic E-state index is 5.90. The maximum Gasteiger partial charge on any atom is 0.142 e. The SMILES string of the molecule is c1cc2c(c(OCC3CCCO3)c1)NCCC2. The van der Waals surface area contributed by atoms with E-state index in [1.165, 1.54) is 24.1 Å². The molecule has 0 amide bonds. The molecule has 0 aromatic heterocycles. The van der Waals surface area contributed by atoms with Gasteiger partial charge in [-0.1, -0.05) is 12.1 Å². The Morgan fingerprint density at radius 1 is 1.35 bits per heavy atom. The highest BCUT2D eigenvalue weighted by molar-refractivity contribution is 5.63. The number of hydrogen-bond acceptors (Lipinski definition) is 3. The van der Waals surface area contributed by atoms with E-state index in [1.54, 1.807) is 0 Å². The van der Waals surface area contributed by atoms with Gasteiger partial charge in [0.05, 0.1) is 11.8 Å². The number of fused-ring (bicyclic) bond motifs is 1. The smallest absolute Gasteiger partial charge is 0.142 e. The molecule has 3 nitrogen and oxygen atoms in total. The summed E-state index contributed by atoms with van der Waals surface area (Å²) in [5.74, 6) is 0.984. The Morgan fingerprint density at radius 2 is 2.35 bits per heavy atom. The molecule has 1 aromatic carbocycles. The number of para-hydroxylation sites is 1. The summed E-state index contributed by atoms with van der Waals surface area (Å²) in [6, 6.07) is 6.31. The predicted octanol–water partition coefficient (Wildman–Crippen LogP) is 2.60. The largest absolute Gasteiger partial charge is 0.489 e. The van der Waals surface area contributed by atoms with Crippen LogP contribution in [0, 0.1) is 0 Å². The van der Waals surface area contributed by atoms with Crippen LogP contribution in [-0.2, 0) is 11.2 Å². The lowest BCUT2D eigenvalue weighted by atomic mass is 10.0. The van der Waals surface area contributed by atoms with E-state index in [9.17, 15) is 0 Å². The minimum Gasteiger partial charge on any atom is -0.489 e.